The summed E-state index contributed by atoms with van der Waals surface area (Å²) < 4.78 is 5.33. The van der Waals surface area contributed by atoms with Gasteiger partial charge in [0.25, 0.3) is 11.8 Å². The SMILES string of the molecule is CC(Sc1cccc(NC(=O)/C(=C/c2ccco2)NC(=O)c2ccccc2)c1)C(=O)Nc1ccccc1. The molecular formula is C29H25N3O4S. The number of hydrogen-bond donors (Lipinski definition) is 3. The van der Waals surface area contributed by atoms with Crippen LogP contribution in [0.25, 0.3) is 6.08 Å². The number of amides is 3. The summed E-state index contributed by atoms with van der Waals surface area (Å²) >= 11 is 1.37. The molecule has 0 saturated heterocycles. The number of carbonyl (C=O) groups excluding carboxylic acids is 3. The van der Waals surface area contributed by atoms with E-state index in [1.165, 1.54) is 24.1 Å². The number of nitrogens with one attached hydrogen (secondary N) is 3. The van der Waals surface area contributed by atoms with Crippen LogP contribution in [0, 0.1) is 0 Å². The maximum atomic E-state index is 13.1. The molecule has 186 valence electrons. The molecule has 1 atom stereocenters. The zero-order valence-corrected chi connectivity index (χ0v) is 20.8. The molecule has 1 unspecified atom stereocenters. The zero-order chi connectivity index (χ0) is 26.0. The van der Waals surface area contributed by atoms with Crippen LogP contribution in [-0.4, -0.2) is 23.0 Å². The molecule has 3 aromatic carbocycles. The smallest absolute Gasteiger partial charge is 0.272 e. The molecule has 0 spiro atoms. The predicted octanol–water partition coefficient (Wildman–Crippen LogP) is 5.81. The average molecular weight is 512 g/mol. The van der Waals surface area contributed by atoms with Crippen molar-refractivity contribution in [1.82, 2.24) is 5.32 Å². The van der Waals surface area contributed by atoms with Gasteiger partial charge in [0.05, 0.1) is 11.5 Å². The molecule has 0 aliphatic heterocycles. The van der Waals surface area contributed by atoms with Crippen molar-refractivity contribution >= 4 is 46.9 Å². The lowest BCUT2D eigenvalue weighted by Crippen LogP contribution is -2.30. The third-order valence-corrected chi connectivity index (χ3v) is 6.27. The third kappa shape index (κ3) is 7.46. The van der Waals surface area contributed by atoms with Gasteiger partial charge in [-0.15, -0.1) is 11.8 Å². The summed E-state index contributed by atoms with van der Waals surface area (Å²) in [7, 11) is 0. The molecule has 7 nitrogen and oxygen atoms in total. The van der Waals surface area contributed by atoms with Gasteiger partial charge in [0, 0.05) is 27.9 Å². The molecule has 4 aromatic rings. The number of benzene rings is 3. The van der Waals surface area contributed by atoms with Crippen LogP contribution in [0.2, 0.25) is 0 Å². The molecule has 0 radical (unpaired) electrons. The topological polar surface area (TPSA) is 100 Å². The third-order valence-electron chi connectivity index (χ3n) is 5.17. The normalized spacial score (nSPS) is 11.9. The van der Waals surface area contributed by atoms with Crippen LogP contribution in [-0.2, 0) is 9.59 Å². The van der Waals surface area contributed by atoms with E-state index in [1.54, 1.807) is 60.7 Å². The van der Waals surface area contributed by atoms with Gasteiger partial charge < -0.3 is 20.4 Å². The summed E-state index contributed by atoms with van der Waals surface area (Å²) in [6, 6.07) is 28.4. The number of rotatable bonds is 9. The van der Waals surface area contributed by atoms with E-state index >= 15 is 0 Å². The van der Waals surface area contributed by atoms with Gasteiger partial charge in [-0.3, -0.25) is 14.4 Å². The van der Waals surface area contributed by atoms with Crippen LogP contribution in [0.5, 0.6) is 0 Å². The van der Waals surface area contributed by atoms with Gasteiger partial charge >= 0.3 is 0 Å². The molecule has 0 bridgehead atoms. The first-order valence-corrected chi connectivity index (χ1v) is 12.4. The highest BCUT2D eigenvalue weighted by atomic mass is 32.2. The van der Waals surface area contributed by atoms with Crippen molar-refractivity contribution in [3.63, 3.8) is 0 Å². The Morgan fingerprint density at radius 2 is 1.51 bits per heavy atom. The first-order valence-electron chi connectivity index (χ1n) is 11.5. The van der Waals surface area contributed by atoms with Gasteiger partial charge in [-0.2, -0.15) is 0 Å². The molecule has 0 aliphatic carbocycles. The minimum Gasteiger partial charge on any atom is -0.465 e. The summed E-state index contributed by atoms with van der Waals surface area (Å²) in [5.41, 5.74) is 1.69. The summed E-state index contributed by atoms with van der Waals surface area (Å²) in [4.78, 5) is 39.2. The Bertz CT molecular complexity index is 1390. The second-order valence-corrected chi connectivity index (χ2v) is 9.41. The number of furan rings is 1. The van der Waals surface area contributed by atoms with Gasteiger partial charge in [0.1, 0.15) is 11.5 Å². The standard InChI is InChI=1S/C29H25N3O4S/c1-20(27(33)30-22-12-6-3-7-13-22)37-25-16-8-14-23(18-25)31-29(35)26(19-24-15-9-17-36-24)32-28(34)21-10-4-2-5-11-21/h2-20H,1H3,(H,30,33)(H,31,35)(H,32,34)/b26-19-. The Labute approximate surface area is 219 Å². The van der Waals surface area contributed by atoms with Crippen molar-refractivity contribution in [3.05, 3.63) is 120 Å². The van der Waals surface area contributed by atoms with E-state index < -0.39 is 11.8 Å². The maximum Gasteiger partial charge on any atom is 0.272 e. The molecule has 8 heteroatoms. The predicted molar refractivity (Wildman–Crippen MR) is 146 cm³/mol. The molecular weight excluding hydrogens is 486 g/mol. The lowest BCUT2D eigenvalue weighted by molar-refractivity contribution is -0.115. The van der Waals surface area contributed by atoms with Crippen LogP contribution in [0.15, 0.2) is 118 Å². The van der Waals surface area contributed by atoms with Crippen LogP contribution in [0.3, 0.4) is 0 Å². The van der Waals surface area contributed by atoms with Crippen molar-refractivity contribution in [2.45, 2.75) is 17.1 Å². The monoisotopic (exact) mass is 511 g/mol. The second kappa shape index (κ2) is 12.4. The fourth-order valence-electron chi connectivity index (χ4n) is 3.33. The molecule has 0 fully saturated rings. The van der Waals surface area contributed by atoms with E-state index in [9.17, 15) is 14.4 Å². The van der Waals surface area contributed by atoms with E-state index in [0.29, 0.717) is 17.0 Å². The first kappa shape index (κ1) is 25.5. The Morgan fingerprint density at radius 3 is 2.22 bits per heavy atom. The largest absolute Gasteiger partial charge is 0.465 e. The molecule has 0 saturated carbocycles. The van der Waals surface area contributed by atoms with E-state index in [1.807, 2.05) is 43.3 Å². The lowest BCUT2D eigenvalue weighted by Gasteiger charge is -2.14. The number of thioether (sulfide) groups is 1. The Balaban J connectivity index is 1.44. The van der Waals surface area contributed by atoms with Gasteiger partial charge in [-0.1, -0.05) is 42.5 Å². The highest BCUT2D eigenvalue weighted by Gasteiger charge is 2.17. The van der Waals surface area contributed by atoms with Crippen LogP contribution in [0.1, 0.15) is 23.0 Å². The second-order valence-electron chi connectivity index (χ2n) is 7.99. The van der Waals surface area contributed by atoms with Gasteiger partial charge in [0.15, 0.2) is 0 Å². The van der Waals surface area contributed by atoms with E-state index in [-0.39, 0.29) is 16.9 Å². The van der Waals surface area contributed by atoms with Crippen molar-refractivity contribution in [2.24, 2.45) is 0 Å². The number of carbonyl (C=O) groups is 3. The quantitative estimate of drug-likeness (QED) is 0.195. The van der Waals surface area contributed by atoms with E-state index in [2.05, 4.69) is 16.0 Å². The summed E-state index contributed by atoms with van der Waals surface area (Å²) in [6.45, 7) is 1.82. The fraction of sp³-hybridized carbons (Fsp3) is 0.0690. The maximum absolute atomic E-state index is 13.1. The molecule has 1 aromatic heterocycles. The number of hydrogen-bond acceptors (Lipinski definition) is 5. The molecule has 0 aliphatic rings. The van der Waals surface area contributed by atoms with Gasteiger partial charge in [-0.25, -0.2) is 0 Å². The number of para-hydroxylation sites is 1. The van der Waals surface area contributed by atoms with Crippen LogP contribution in [0.4, 0.5) is 11.4 Å². The minimum absolute atomic E-state index is 0.0254. The highest BCUT2D eigenvalue weighted by molar-refractivity contribution is 8.00. The first-order chi connectivity index (χ1) is 18.0. The van der Waals surface area contributed by atoms with Gasteiger partial charge in [-0.05, 0) is 61.5 Å². The zero-order valence-electron chi connectivity index (χ0n) is 20.0. The Hall–Kier alpha value is -4.56. The highest BCUT2D eigenvalue weighted by Crippen LogP contribution is 2.27. The van der Waals surface area contributed by atoms with Crippen LogP contribution < -0.4 is 16.0 Å². The molecule has 4 rings (SSSR count). The Kier molecular flexibility index (Phi) is 8.57. The van der Waals surface area contributed by atoms with Crippen molar-refractivity contribution in [1.29, 1.82) is 0 Å². The van der Waals surface area contributed by atoms with E-state index in [4.69, 9.17) is 4.42 Å². The van der Waals surface area contributed by atoms with E-state index in [0.717, 1.165) is 10.6 Å². The molecule has 37 heavy (non-hydrogen) atoms. The summed E-state index contributed by atoms with van der Waals surface area (Å²) in [5.74, 6) is -0.646. The molecule has 3 N–H and O–H groups in total. The molecule has 3 amide bonds. The average Bonchev–Trinajstić information content (AvgIpc) is 3.43. The lowest BCUT2D eigenvalue weighted by atomic mass is 10.2. The number of anilines is 2. The fourth-order valence-corrected chi connectivity index (χ4v) is 4.25. The molecule has 1 heterocycles. The summed E-state index contributed by atoms with van der Waals surface area (Å²) in [6.07, 6.45) is 2.95. The van der Waals surface area contributed by atoms with Crippen molar-refractivity contribution in [3.8, 4) is 0 Å². The summed E-state index contributed by atoms with van der Waals surface area (Å²) in [5, 5.41) is 8.01. The van der Waals surface area contributed by atoms with Crippen molar-refractivity contribution < 1.29 is 18.8 Å². The van der Waals surface area contributed by atoms with Crippen molar-refractivity contribution in [2.75, 3.05) is 10.6 Å². The van der Waals surface area contributed by atoms with Gasteiger partial charge in [0.2, 0.25) is 5.91 Å². The minimum atomic E-state index is -0.516. The van der Waals surface area contributed by atoms with Crippen LogP contribution >= 0.6 is 11.8 Å². The Morgan fingerprint density at radius 1 is 0.811 bits per heavy atom.